The number of esters is 1. The third-order valence-electron chi connectivity index (χ3n) is 3.17. The number of fused-ring (bicyclic) bond motifs is 1. The van der Waals surface area contributed by atoms with Crippen LogP contribution in [0.4, 0.5) is 0 Å². The first-order valence-electron chi connectivity index (χ1n) is 5.49. The number of methoxy groups -OCH3 is 1. The molecule has 0 heterocycles. The van der Waals surface area contributed by atoms with Crippen molar-refractivity contribution in [2.75, 3.05) is 7.11 Å². The standard InChI is InChI=1S/C13H16O2/c1-3-9-7-8-12(13(14)15-2)11-6-4-5-10(9)11/h7-8H,3-6H2,1-2H3. The molecule has 1 aliphatic carbocycles. The van der Waals surface area contributed by atoms with Crippen LogP contribution in [-0.4, -0.2) is 13.1 Å². The number of rotatable bonds is 2. The van der Waals surface area contributed by atoms with E-state index in [1.54, 1.807) is 0 Å². The first kappa shape index (κ1) is 10.2. The third kappa shape index (κ3) is 1.65. The molecule has 0 unspecified atom stereocenters. The highest BCUT2D eigenvalue weighted by atomic mass is 16.5. The van der Waals surface area contributed by atoms with Crippen molar-refractivity contribution in [3.05, 3.63) is 34.4 Å². The Morgan fingerprint density at radius 1 is 1.33 bits per heavy atom. The average Bonchev–Trinajstić information content (AvgIpc) is 2.75. The van der Waals surface area contributed by atoms with Gasteiger partial charge in [0, 0.05) is 0 Å². The monoisotopic (exact) mass is 204 g/mol. The van der Waals surface area contributed by atoms with Gasteiger partial charge in [0.1, 0.15) is 0 Å². The van der Waals surface area contributed by atoms with Gasteiger partial charge in [-0.2, -0.15) is 0 Å². The van der Waals surface area contributed by atoms with Crippen LogP contribution < -0.4 is 0 Å². The molecule has 0 aliphatic heterocycles. The van der Waals surface area contributed by atoms with Crippen LogP contribution in [0.25, 0.3) is 0 Å². The van der Waals surface area contributed by atoms with Crippen LogP contribution in [0.2, 0.25) is 0 Å². The highest BCUT2D eigenvalue weighted by Crippen LogP contribution is 2.29. The predicted molar refractivity (Wildman–Crippen MR) is 59.2 cm³/mol. The minimum Gasteiger partial charge on any atom is -0.465 e. The van der Waals surface area contributed by atoms with E-state index in [-0.39, 0.29) is 5.97 Å². The Morgan fingerprint density at radius 3 is 2.73 bits per heavy atom. The maximum atomic E-state index is 11.6. The number of ether oxygens (including phenoxy) is 1. The van der Waals surface area contributed by atoms with E-state index in [1.807, 2.05) is 6.07 Å². The zero-order chi connectivity index (χ0) is 10.8. The Bertz CT molecular complexity index is 394. The van der Waals surface area contributed by atoms with E-state index in [2.05, 4.69) is 13.0 Å². The summed E-state index contributed by atoms with van der Waals surface area (Å²) in [6.45, 7) is 2.16. The fourth-order valence-corrected chi connectivity index (χ4v) is 2.41. The SMILES string of the molecule is CCc1ccc(C(=O)OC)c2c1CCC2. The summed E-state index contributed by atoms with van der Waals surface area (Å²) in [5.41, 5.74) is 4.76. The normalized spacial score (nSPS) is 13.7. The molecule has 0 spiro atoms. The minimum absolute atomic E-state index is 0.198. The van der Waals surface area contributed by atoms with E-state index in [0.717, 1.165) is 31.2 Å². The lowest BCUT2D eigenvalue weighted by Gasteiger charge is -2.10. The van der Waals surface area contributed by atoms with E-state index in [9.17, 15) is 4.79 Å². The second-order valence-electron chi connectivity index (χ2n) is 3.93. The molecule has 1 aromatic carbocycles. The molecule has 0 bridgehead atoms. The van der Waals surface area contributed by atoms with Gasteiger partial charge >= 0.3 is 5.97 Å². The van der Waals surface area contributed by atoms with E-state index in [0.29, 0.717) is 0 Å². The molecule has 2 heteroatoms. The number of benzene rings is 1. The zero-order valence-corrected chi connectivity index (χ0v) is 9.30. The Balaban J connectivity index is 2.51. The highest BCUT2D eigenvalue weighted by Gasteiger charge is 2.21. The van der Waals surface area contributed by atoms with Crippen molar-refractivity contribution in [1.29, 1.82) is 0 Å². The Labute approximate surface area is 90.3 Å². The van der Waals surface area contributed by atoms with Gasteiger partial charge in [-0.05, 0) is 48.4 Å². The van der Waals surface area contributed by atoms with E-state index < -0.39 is 0 Å². The summed E-state index contributed by atoms with van der Waals surface area (Å²) in [6, 6.07) is 3.98. The van der Waals surface area contributed by atoms with Gasteiger partial charge in [-0.1, -0.05) is 13.0 Å². The smallest absolute Gasteiger partial charge is 0.338 e. The summed E-state index contributed by atoms with van der Waals surface area (Å²) >= 11 is 0. The lowest BCUT2D eigenvalue weighted by molar-refractivity contribution is 0.0599. The zero-order valence-electron chi connectivity index (χ0n) is 9.30. The highest BCUT2D eigenvalue weighted by molar-refractivity contribution is 5.91. The number of hydrogen-bond acceptors (Lipinski definition) is 2. The van der Waals surface area contributed by atoms with Gasteiger partial charge in [0.2, 0.25) is 0 Å². The maximum Gasteiger partial charge on any atom is 0.338 e. The molecule has 1 aliphatic rings. The summed E-state index contributed by atoms with van der Waals surface area (Å²) in [5, 5.41) is 0. The van der Waals surface area contributed by atoms with Crippen molar-refractivity contribution in [1.82, 2.24) is 0 Å². The molecule has 0 atom stereocenters. The molecule has 0 amide bonds. The molecule has 2 rings (SSSR count). The molecule has 0 radical (unpaired) electrons. The van der Waals surface area contributed by atoms with Crippen LogP contribution in [0, 0.1) is 0 Å². The van der Waals surface area contributed by atoms with Crippen LogP contribution in [0.5, 0.6) is 0 Å². The largest absolute Gasteiger partial charge is 0.465 e. The Hall–Kier alpha value is -1.31. The van der Waals surface area contributed by atoms with E-state index in [1.165, 1.54) is 23.8 Å². The fourth-order valence-electron chi connectivity index (χ4n) is 2.41. The molecule has 1 aromatic rings. The minimum atomic E-state index is -0.198. The molecule has 0 fully saturated rings. The maximum absolute atomic E-state index is 11.6. The van der Waals surface area contributed by atoms with Gasteiger partial charge in [0.15, 0.2) is 0 Å². The van der Waals surface area contributed by atoms with Crippen molar-refractivity contribution in [2.45, 2.75) is 32.6 Å². The summed E-state index contributed by atoms with van der Waals surface area (Å²) in [4.78, 5) is 11.6. The van der Waals surface area contributed by atoms with Crippen LogP contribution in [0.1, 0.15) is 40.4 Å². The van der Waals surface area contributed by atoms with Gasteiger partial charge in [0.05, 0.1) is 12.7 Å². The molecule has 2 nitrogen and oxygen atoms in total. The van der Waals surface area contributed by atoms with Crippen molar-refractivity contribution >= 4 is 5.97 Å². The van der Waals surface area contributed by atoms with Crippen LogP contribution in [0.3, 0.4) is 0 Å². The summed E-state index contributed by atoms with van der Waals surface area (Å²) in [5.74, 6) is -0.198. The van der Waals surface area contributed by atoms with Crippen LogP contribution in [0.15, 0.2) is 12.1 Å². The van der Waals surface area contributed by atoms with Crippen LogP contribution in [-0.2, 0) is 24.0 Å². The third-order valence-corrected chi connectivity index (χ3v) is 3.17. The van der Waals surface area contributed by atoms with Gasteiger partial charge in [0.25, 0.3) is 0 Å². The molecule has 15 heavy (non-hydrogen) atoms. The van der Waals surface area contributed by atoms with Gasteiger partial charge in [-0.25, -0.2) is 4.79 Å². The van der Waals surface area contributed by atoms with Gasteiger partial charge < -0.3 is 4.74 Å². The molecule has 0 saturated carbocycles. The van der Waals surface area contributed by atoms with Gasteiger partial charge in [-0.15, -0.1) is 0 Å². The van der Waals surface area contributed by atoms with E-state index >= 15 is 0 Å². The number of hydrogen-bond donors (Lipinski definition) is 0. The average molecular weight is 204 g/mol. The Morgan fingerprint density at radius 2 is 2.07 bits per heavy atom. The summed E-state index contributed by atoms with van der Waals surface area (Å²) < 4.78 is 4.80. The predicted octanol–water partition coefficient (Wildman–Crippen LogP) is 2.52. The summed E-state index contributed by atoms with van der Waals surface area (Å²) in [7, 11) is 1.44. The second-order valence-corrected chi connectivity index (χ2v) is 3.93. The topological polar surface area (TPSA) is 26.3 Å². The first-order chi connectivity index (χ1) is 7.27. The molecule has 0 saturated heterocycles. The Kier molecular flexibility index (Phi) is 2.76. The lowest BCUT2D eigenvalue weighted by Crippen LogP contribution is -2.06. The van der Waals surface area contributed by atoms with E-state index in [4.69, 9.17) is 4.74 Å². The molecule has 0 N–H and O–H groups in total. The summed E-state index contributed by atoms with van der Waals surface area (Å²) in [6.07, 6.45) is 4.34. The lowest BCUT2D eigenvalue weighted by atomic mass is 9.97. The molecule has 80 valence electrons. The quantitative estimate of drug-likeness (QED) is 0.692. The van der Waals surface area contributed by atoms with Gasteiger partial charge in [-0.3, -0.25) is 0 Å². The molecular weight excluding hydrogens is 188 g/mol. The number of carbonyl (C=O) groups is 1. The number of aryl methyl sites for hydroxylation is 1. The fraction of sp³-hybridized carbons (Fsp3) is 0.462. The van der Waals surface area contributed by atoms with Crippen molar-refractivity contribution in [3.8, 4) is 0 Å². The molecule has 0 aromatic heterocycles. The van der Waals surface area contributed by atoms with Crippen molar-refractivity contribution in [3.63, 3.8) is 0 Å². The first-order valence-corrected chi connectivity index (χ1v) is 5.49. The second kappa shape index (κ2) is 4.05. The molecular formula is C13H16O2. The number of carbonyl (C=O) groups excluding carboxylic acids is 1. The van der Waals surface area contributed by atoms with Crippen molar-refractivity contribution < 1.29 is 9.53 Å². The van der Waals surface area contributed by atoms with Crippen molar-refractivity contribution in [2.24, 2.45) is 0 Å². The van der Waals surface area contributed by atoms with Crippen LogP contribution >= 0.6 is 0 Å².